The maximum absolute atomic E-state index is 11.3. The molecule has 12 heavy (non-hydrogen) atoms. The lowest BCUT2D eigenvalue weighted by Gasteiger charge is -2.20. The topological polar surface area (TPSA) is 41.6 Å². The summed E-state index contributed by atoms with van der Waals surface area (Å²) in [6, 6.07) is 0.243. The third kappa shape index (κ3) is 2.11. The monoisotopic (exact) mass is 172 g/mol. The maximum Gasteiger partial charge on any atom is 0.341 e. The van der Waals surface area contributed by atoms with Crippen LogP contribution in [0.4, 0.5) is 4.79 Å². The summed E-state index contributed by atoms with van der Waals surface area (Å²) in [4.78, 5) is 17.9. The first kappa shape index (κ1) is 9.32. The second kappa shape index (κ2) is 4.30. The van der Waals surface area contributed by atoms with Gasteiger partial charge in [-0.1, -0.05) is 0 Å². The molecule has 0 bridgehead atoms. The van der Waals surface area contributed by atoms with Crippen molar-refractivity contribution in [1.82, 2.24) is 10.4 Å². The van der Waals surface area contributed by atoms with Crippen molar-refractivity contribution in [2.75, 3.05) is 13.2 Å². The molecule has 1 N–H and O–H groups in total. The first-order chi connectivity index (χ1) is 5.75. The Morgan fingerprint density at radius 1 is 1.75 bits per heavy atom. The Bertz CT molecular complexity index is 161. The number of amides is 2. The summed E-state index contributed by atoms with van der Waals surface area (Å²) in [5.41, 5.74) is 2.39. The van der Waals surface area contributed by atoms with Gasteiger partial charge in [-0.2, -0.15) is 0 Å². The molecule has 1 saturated heterocycles. The van der Waals surface area contributed by atoms with E-state index < -0.39 is 0 Å². The van der Waals surface area contributed by atoms with Crippen molar-refractivity contribution in [1.29, 1.82) is 0 Å². The Balaban J connectivity index is 2.30. The number of nitrogens with one attached hydrogen (secondary N) is 1. The lowest BCUT2D eigenvalue weighted by Crippen LogP contribution is -2.41. The lowest BCUT2D eigenvalue weighted by molar-refractivity contribution is 0.0549. The Labute approximate surface area is 72.8 Å². The molecule has 1 fully saturated rings. The van der Waals surface area contributed by atoms with Gasteiger partial charge in [-0.25, -0.2) is 10.3 Å². The highest BCUT2D eigenvalue weighted by Gasteiger charge is 2.24. The van der Waals surface area contributed by atoms with Crippen molar-refractivity contribution in [2.45, 2.75) is 32.7 Å². The van der Waals surface area contributed by atoms with Gasteiger partial charge in [0.15, 0.2) is 0 Å². The molecule has 0 aromatic rings. The molecule has 0 aromatic heterocycles. The number of carbonyl (C=O) groups excluding carboxylic acids is 1. The molecule has 1 rings (SSSR count). The van der Waals surface area contributed by atoms with Crippen LogP contribution in [0.2, 0.25) is 0 Å². The van der Waals surface area contributed by atoms with E-state index in [9.17, 15) is 4.79 Å². The van der Waals surface area contributed by atoms with Crippen LogP contribution in [0.1, 0.15) is 26.7 Å². The van der Waals surface area contributed by atoms with Gasteiger partial charge in [-0.05, 0) is 26.7 Å². The smallest absolute Gasteiger partial charge is 0.320 e. The van der Waals surface area contributed by atoms with Gasteiger partial charge in [-0.3, -0.25) is 4.84 Å². The average Bonchev–Trinajstić information content (AvgIpc) is 2.47. The van der Waals surface area contributed by atoms with E-state index >= 15 is 0 Å². The van der Waals surface area contributed by atoms with Crippen molar-refractivity contribution in [3.63, 3.8) is 0 Å². The number of nitrogens with zero attached hydrogens (tertiary/aromatic N) is 1. The number of hydroxylamine groups is 1. The van der Waals surface area contributed by atoms with Gasteiger partial charge < -0.3 is 4.90 Å². The quantitative estimate of drug-likeness (QED) is 0.634. The van der Waals surface area contributed by atoms with E-state index in [-0.39, 0.29) is 6.03 Å². The Morgan fingerprint density at radius 2 is 2.50 bits per heavy atom. The fourth-order valence-corrected chi connectivity index (χ4v) is 1.43. The minimum Gasteiger partial charge on any atom is -0.320 e. The van der Waals surface area contributed by atoms with Gasteiger partial charge in [0.05, 0.1) is 6.61 Å². The van der Waals surface area contributed by atoms with Crippen molar-refractivity contribution in [3.8, 4) is 0 Å². The fraction of sp³-hybridized carbons (Fsp3) is 0.875. The summed E-state index contributed by atoms with van der Waals surface area (Å²) in [5.74, 6) is 0. The molecule has 70 valence electrons. The van der Waals surface area contributed by atoms with Gasteiger partial charge >= 0.3 is 6.03 Å². The molecule has 1 aliphatic rings. The predicted molar refractivity (Wildman–Crippen MR) is 45.6 cm³/mol. The highest BCUT2D eigenvalue weighted by molar-refractivity contribution is 5.73. The van der Waals surface area contributed by atoms with Crippen LogP contribution in [-0.2, 0) is 4.84 Å². The molecule has 0 radical (unpaired) electrons. The van der Waals surface area contributed by atoms with Crippen LogP contribution in [0.25, 0.3) is 0 Å². The zero-order valence-corrected chi connectivity index (χ0v) is 7.67. The second-order valence-electron chi connectivity index (χ2n) is 3.02. The number of likely N-dealkylation sites (tertiary alicyclic amines) is 1. The van der Waals surface area contributed by atoms with Crippen LogP contribution in [0.15, 0.2) is 0 Å². The molecule has 1 aliphatic heterocycles. The maximum atomic E-state index is 11.3. The summed E-state index contributed by atoms with van der Waals surface area (Å²) in [6.45, 7) is 5.25. The average molecular weight is 172 g/mol. The van der Waals surface area contributed by atoms with Gasteiger partial charge in [0, 0.05) is 12.6 Å². The molecule has 0 aliphatic carbocycles. The molecular weight excluding hydrogens is 156 g/mol. The molecular formula is C8H16N2O2. The van der Waals surface area contributed by atoms with Crippen LogP contribution < -0.4 is 5.48 Å². The summed E-state index contributed by atoms with van der Waals surface area (Å²) in [6.07, 6.45) is 2.19. The number of carbonyl (C=O) groups is 1. The first-order valence-electron chi connectivity index (χ1n) is 4.44. The first-order valence-corrected chi connectivity index (χ1v) is 4.44. The van der Waals surface area contributed by atoms with Crippen LogP contribution in [0.5, 0.6) is 0 Å². The number of urea groups is 1. The van der Waals surface area contributed by atoms with Crippen molar-refractivity contribution in [2.24, 2.45) is 0 Å². The standard InChI is InChI=1S/C8H16N2O2/c1-3-12-9-8(11)10-6-4-5-7(10)2/h7H,3-6H2,1-2H3,(H,9,11). The van der Waals surface area contributed by atoms with Gasteiger partial charge in [-0.15, -0.1) is 0 Å². The summed E-state index contributed by atoms with van der Waals surface area (Å²) < 4.78 is 0. The second-order valence-corrected chi connectivity index (χ2v) is 3.02. The summed E-state index contributed by atoms with van der Waals surface area (Å²) in [5, 5.41) is 0. The van der Waals surface area contributed by atoms with Gasteiger partial charge in [0.1, 0.15) is 0 Å². The van der Waals surface area contributed by atoms with E-state index in [2.05, 4.69) is 12.4 Å². The normalized spacial score (nSPS) is 22.8. The van der Waals surface area contributed by atoms with Crippen LogP contribution in [-0.4, -0.2) is 30.1 Å². The Kier molecular flexibility index (Phi) is 3.34. The van der Waals surface area contributed by atoms with Crippen molar-refractivity contribution < 1.29 is 9.63 Å². The van der Waals surface area contributed by atoms with E-state index in [1.54, 1.807) is 4.90 Å². The van der Waals surface area contributed by atoms with Gasteiger partial charge in [0.25, 0.3) is 0 Å². The Hall–Kier alpha value is -0.770. The van der Waals surface area contributed by atoms with E-state index in [4.69, 9.17) is 4.84 Å². The van der Waals surface area contributed by atoms with Crippen LogP contribution in [0.3, 0.4) is 0 Å². The summed E-state index contributed by atoms with van der Waals surface area (Å²) >= 11 is 0. The molecule has 0 spiro atoms. The van der Waals surface area contributed by atoms with Gasteiger partial charge in [0.2, 0.25) is 0 Å². The molecule has 4 nitrogen and oxygen atoms in total. The molecule has 1 heterocycles. The third-order valence-electron chi connectivity index (χ3n) is 2.12. The minimum absolute atomic E-state index is 0.109. The zero-order valence-electron chi connectivity index (χ0n) is 7.67. The van der Waals surface area contributed by atoms with E-state index in [1.165, 1.54) is 0 Å². The van der Waals surface area contributed by atoms with E-state index in [0.717, 1.165) is 19.4 Å². The lowest BCUT2D eigenvalue weighted by atomic mass is 10.2. The number of hydrogen-bond acceptors (Lipinski definition) is 2. The third-order valence-corrected chi connectivity index (χ3v) is 2.12. The highest BCUT2D eigenvalue weighted by atomic mass is 16.7. The van der Waals surface area contributed by atoms with E-state index in [1.807, 2.05) is 6.92 Å². The minimum atomic E-state index is -0.109. The molecule has 0 saturated carbocycles. The number of rotatable bonds is 2. The molecule has 0 aromatic carbocycles. The fourth-order valence-electron chi connectivity index (χ4n) is 1.43. The van der Waals surface area contributed by atoms with E-state index in [0.29, 0.717) is 12.6 Å². The highest BCUT2D eigenvalue weighted by Crippen LogP contribution is 2.15. The van der Waals surface area contributed by atoms with Crippen LogP contribution in [0, 0.1) is 0 Å². The summed E-state index contributed by atoms with van der Waals surface area (Å²) in [7, 11) is 0. The van der Waals surface area contributed by atoms with Crippen LogP contribution >= 0.6 is 0 Å². The predicted octanol–water partition coefficient (Wildman–Crippen LogP) is 1.13. The molecule has 4 heteroatoms. The SMILES string of the molecule is CCONC(=O)N1CCCC1C. The zero-order chi connectivity index (χ0) is 8.97. The molecule has 2 amide bonds. The Morgan fingerprint density at radius 3 is 3.00 bits per heavy atom. The molecule has 1 unspecified atom stereocenters. The largest absolute Gasteiger partial charge is 0.341 e. The molecule has 1 atom stereocenters. The van der Waals surface area contributed by atoms with Crippen molar-refractivity contribution in [3.05, 3.63) is 0 Å². The van der Waals surface area contributed by atoms with Crippen molar-refractivity contribution >= 4 is 6.03 Å². The number of hydrogen-bond donors (Lipinski definition) is 1.